The fraction of sp³-hybridized carbons (Fsp3) is 0.942. The number of unbranched alkanes of at least 4 members (excludes halogenated alkanes) is 21. The van der Waals surface area contributed by atoms with Gasteiger partial charge in [-0.15, -0.1) is 0 Å². The van der Waals surface area contributed by atoms with Gasteiger partial charge in [0, 0.05) is 12.8 Å². The van der Waals surface area contributed by atoms with Gasteiger partial charge in [-0.3, -0.25) is 9.59 Å². The molecule has 2 aliphatic heterocycles. The number of rotatable bonds is 42. The van der Waals surface area contributed by atoms with Crippen LogP contribution in [0.1, 0.15) is 194 Å². The van der Waals surface area contributed by atoms with E-state index < -0.39 is 136 Å². The molecule has 0 aromatic heterocycles. The Kier molecular flexibility index (Phi) is 34.4. The van der Waals surface area contributed by atoms with Gasteiger partial charge in [0.15, 0.2) is 6.29 Å². The molecule has 0 spiro atoms. The van der Waals surface area contributed by atoms with Crippen LogP contribution in [0.4, 0.5) is 0 Å². The summed E-state index contributed by atoms with van der Waals surface area (Å²) in [5.41, 5.74) is 0. The Morgan fingerprint density at radius 1 is 0.667 bits per heavy atom. The maximum absolute atomic E-state index is 13.3. The zero-order valence-corrected chi connectivity index (χ0v) is 43.8. The summed E-state index contributed by atoms with van der Waals surface area (Å²) >= 11 is 0. The number of carbonyl (C=O) groups is 3. The summed E-state index contributed by atoms with van der Waals surface area (Å²) in [6, 6.07) is -2.83. The van der Waals surface area contributed by atoms with Crippen molar-refractivity contribution in [2.24, 2.45) is 5.92 Å². The van der Waals surface area contributed by atoms with Crippen LogP contribution in [0.2, 0.25) is 0 Å². The number of hydrogen-bond acceptors (Lipinski definition) is 17. The Labute approximate surface area is 428 Å². The molecule has 20 heteroatoms. The first-order valence-electron chi connectivity index (χ1n) is 27.5. The number of ether oxygens (including phenoxy) is 4. The monoisotopic (exact) mass is 1040 g/mol. The van der Waals surface area contributed by atoms with Gasteiger partial charge in [0.05, 0.1) is 44.1 Å². The van der Waals surface area contributed by atoms with Gasteiger partial charge in [-0.25, -0.2) is 4.79 Å². The lowest BCUT2D eigenvalue weighted by Crippen LogP contribution is -2.68. The van der Waals surface area contributed by atoms with Crippen LogP contribution in [-0.2, 0) is 33.3 Å². The van der Waals surface area contributed by atoms with Crippen molar-refractivity contribution < 1.29 is 89.5 Å². The molecule has 2 amide bonds. The third kappa shape index (κ3) is 24.7. The zero-order valence-electron chi connectivity index (χ0n) is 43.8. The summed E-state index contributed by atoms with van der Waals surface area (Å²) in [5, 5.41) is 121. The van der Waals surface area contributed by atoms with Gasteiger partial charge >= 0.3 is 5.97 Å². The zero-order chi connectivity index (χ0) is 53.5. The normalized spacial score (nSPS) is 26.8. The van der Waals surface area contributed by atoms with Gasteiger partial charge in [-0.2, -0.15) is 0 Å². The van der Waals surface area contributed by atoms with E-state index in [0.717, 1.165) is 51.4 Å². The highest BCUT2D eigenvalue weighted by Gasteiger charge is 2.57. The topological polar surface area (TPSA) is 335 Å². The van der Waals surface area contributed by atoms with Crippen LogP contribution in [0.15, 0.2) is 0 Å². The third-order valence-electron chi connectivity index (χ3n) is 14.1. The predicted molar refractivity (Wildman–Crippen MR) is 267 cm³/mol. The highest BCUT2D eigenvalue weighted by molar-refractivity contribution is 5.78. The van der Waals surface area contributed by atoms with E-state index in [-0.39, 0.29) is 12.8 Å². The Hall–Kier alpha value is -2.15. The average Bonchev–Trinajstić information content (AvgIpc) is 3.35. The van der Waals surface area contributed by atoms with Crippen molar-refractivity contribution in [3.8, 4) is 0 Å². The summed E-state index contributed by atoms with van der Waals surface area (Å²) < 4.78 is 22.8. The van der Waals surface area contributed by atoms with E-state index in [1.165, 1.54) is 89.9 Å². The summed E-state index contributed by atoms with van der Waals surface area (Å²) in [5.74, 6) is -5.48. The first kappa shape index (κ1) is 66.0. The fourth-order valence-electron chi connectivity index (χ4n) is 9.45. The molecule has 72 heavy (non-hydrogen) atoms. The highest BCUT2D eigenvalue weighted by Crippen LogP contribution is 2.35. The van der Waals surface area contributed by atoms with Crippen LogP contribution in [0.5, 0.6) is 0 Å². The van der Waals surface area contributed by atoms with Crippen molar-refractivity contribution >= 4 is 17.8 Å². The van der Waals surface area contributed by atoms with E-state index in [1.54, 1.807) is 0 Å². The van der Waals surface area contributed by atoms with Crippen LogP contribution in [0.3, 0.4) is 0 Å². The maximum Gasteiger partial charge on any atom is 0.364 e. The van der Waals surface area contributed by atoms with Gasteiger partial charge < -0.3 is 85.8 Å². The van der Waals surface area contributed by atoms with Crippen LogP contribution < -0.4 is 10.6 Å². The minimum atomic E-state index is -2.86. The Bertz CT molecular complexity index is 1430. The summed E-state index contributed by atoms with van der Waals surface area (Å²) in [7, 11) is 0. The molecule has 13 N–H and O–H groups in total. The van der Waals surface area contributed by atoms with Crippen LogP contribution in [0.25, 0.3) is 0 Å². The lowest BCUT2D eigenvalue weighted by Gasteiger charge is -2.47. The first-order valence-corrected chi connectivity index (χ1v) is 27.5. The number of aliphatic carboxylic acids is 1. The van der Waals surface area contributed by atoms with Gasteiger partial charge in [0.1, 0.15) is 55.4 Å². The summed E-state index contributed by atoms with van der Waals surface area (Å²) in [4.78, 5) is 38.1. The number of hydrogen-bond donors (Lipinski definition) is 13. The number of aliphatic hydroxyl groups excluding tert-OH is 10. The molecule has 2 heterocycles. The minimum absolute atomic E-state index is 0.148. The molecule has 0 aliphatic carbocycles. The summed E-state index contributed by atoms with van der Waals surface area (Å²) in [6.45, 7) is 3.11. The van der Waals surface area contributed by atoms with Gasteiger partial charge in [0.25, 0.3) is 5.79 Å². The van der Waals surface area contributed by atoms with E-state index in [2.05, 4.69) is 31.4 Å². The molecule has 2 fully saturated rings. The van der Waals surface area contributed by atoms with Crippen molar-refractivity contribution in [1.29, 1.82) is 0 Å². The van der Waals surface area contributed by atoms with Crippen molar-refractivity contribution in [3.05, 3.63) is 0 Å². The van der Waals surface area contributed by atoms with E-state index >= 15 is 0 Å². The molecule has 20 nitrogen and oxygen atoms in total. The average molecular weight is 1040 g/mol. The molecule has 2 rings (SSSR count). The second kappa shape index (κ2) is 37.6. The van der Waals surface area contributed by atoms with E-state index in [1.807, 2.05) is 0 Å². The van der Waals surface area contributed by atoms with Crippen molar-refractivity contribution in [2.45, 2.75) is 279 Å². The second-order valence-electron chi connectivity index (χ2n) is 20.8. The number of carboxylic acid groups (broad SMARTS) is 1. The standard InChI is InChI=1S/C52H98N2O18/c1-4-5-6-7-8-9-10-11-12-13-14-15-20-23-26-29-41(60)53-36(44(62)37(57)28-25-22-19-17-16-18-21-24-27-35(2)3)33-69-50-48(66)47(65)46(64)40(71-50)34-70-52(51(67)68)30-38(58)43(54-42(61)32-56)49(72-52)45(63)39(59)31-55/h35-40,43-50,55-59,62-66H,4-34H2,1-3H3,(H,53,60)(H,54,61)(H,67,68)/t36-,37+,38-,39-,40+,43+,44-,45-,46+,47-,48+,49+,50+,52+/m0/s1. The third-order valence-corrected chi connectivity index (χ3v) is 14.1. The van der Waals surface area contributed by atoms with E-state index in [9.17, 15) is 70.6 Å². The van der Waals surface area contributed by atoms with Gasteiger partial charge in [0.2, 0.25) is 11.8 Å². The van der Waals surface area contributed by atoms with Crippen LogP contribution >= 0.6 is 0 Å². The number of nitrogens with one attached hydrogen (secondary N) is 2. The molecule has 2 aliphatic rings. The summed E-state index contributed by atoms with van der Waals surface area (Å²) in [6.07, 6.45) is 6.51. The van der Waals surface area contributed by atoms with Crippen LogP contribution in [-0.4, -0.2) is 186 Å². The van der Waals surface area contributed by atoms with Gasteiger partial charge in [-0.1, -0.05) is 168 Å². The van der Waals surface area contributed by atoms with Crippen LogP contribution in [0, 0.1) is 5.92 Å². The number of carboxylic acids is 1. The van der Waals surface area contributed by atoms with E-state index in [0.29, 0.717) is 18.8 Å². The molecule has 0 saturated carbocycles. The number of amides is 2. The smallest absolute Gasteiger partial charge is 0.364 e. The van der Waals surface area contributed by atoms with Crippen molar-refractivity contribution in [2.75, 3.05) is 26.4 Å². The fourth-order valence-corrected chi connectivity index (χ4v) is 9.45. The van der Waals surface area contributed by atoms with E-state index in [4.69, 9.17) is 18.9 Å². The highest BCUT2D eigenvalue weighted by atomic mass is 16.7. The maximum atomic E-state index is 13.3. The lowest BCUT2D eigenvalue weighted by molar-refractivity contribution is -0.339. The molecule has 424 valence electrons. The molecule has 0 radical (unpaired) electrons. The van der Waals surface area contributed by atoms with Crippen molar-refractivity contribution in [3.63, 3.8) is 0 Å². The Morgan fingerprint density at radius 2 is 1.18 bits per heavy atom. The molecule has 0 bridgehead atoms. The van der Waals surface area contributed by atoms with Crippen molar-refractivity contribution in [1.82, 2.24) is 10.6 Å². The lowest BCUT2D eigenvalue weighted by atomic mass is 9.88. The van der Waals surface area contributed by atoms with Gasteiger partial charge in [-0.05, 0) is 18.8 Å². The largest absolute Gasteiger partial charge is 0.477 e. The first-order chi connectivity index (χ1) is 34.4. The Balaban J connectivity index is 2.07. The molecule has 0 aromatic carbocycles. The Morgan fingerprint density at radius 3 is 1.68 bits per heavy atom. The molecule has 14 atom stereocenters. The molecule has 0 unspecified atom stereocenters. The second-order valence-corrected chi connectivity index (χ2v) is 20.8. The minimum Gasteiger partial charge on any atom is -0.477 e. The molecule has 2 saturated heterocycles. The molecular formula is C52H98N2O18. The number of carbonyl (C=O) groups excluding carboxylic acids is 2. The number of aliphatic hydroxyl groups is 10. The molecular weight excluding hydrogens is 941 g/mol. The SMILES string of the molecule is CCCCCCCCCCCCCCCCCC(=O)N[C@@H](CO[C@@H]1O[C@H](CO[C@]2(C(=O)O)C[C@H](O)[C@@H](NC(=O)CO)[C@H]([C@@H](O)[C@@H](O)CO)O2)[C@@H](O)[C@H](O)[C@H]1O)[C@H](O)[C@H](O)CCCCCCCCCCC(C)C. The predicted octanol–water partition coefficient (Wildman–Crippen LogP) is 2.97. The molecule has 0 aromatic rings. The quantitative estimate of drug-likeness (QED) is 0.0391.